The molecule has 0 amide bonds. The molecule has 0 saturated heterocycles. The number of phenolic OH excluding ortho intramolecular Hbond substituents is 1. The number of benzene rings is 1. The van der Waals surface area contributed by atoms with Gasteiger partial charge in [0.15, 0.2) is 0 Å². The van der Waals surface area contributed by atoms with E-state index in [1.54, 1.807) is 6.07 Å². The summed E-state index contributed by atoms with van der Waals surface area (Å²) in [6, 6.07) is 4.44. The third kappa shape index (κ3) is 1.32. The van der Waals surface area contributed by atoms with Gasteiger partial charge in [-0.25, -0.2) is 8.78 Å². The molecule has 0 spiro atoms. The lowest BCUT2D eigenvalue weighted by Gasteiger charge is -2.07. The topological polar surface area (TPSA) is 32.3 Å². The van der Waals surface area contributed by atoms with Gasteiger partial charge in [-0.05, 0) is 11.6 Å². The van der Waals surface area contributed by atoms with Crippen molar-refractivity contribution < 1.29 is 13.9 Å². The third-order valence-corrected chi connectivity index (χ3v) is 2.25. The van der Waals surface area contributed by atoms with E-state index in [4.69, 9.17) is 5.11 Å². The van der Waals surface area contributed by atoms with Gasteiger partial charge >= 0.3 is 0 Å². The first-order valence-corrected chi connectivity index (χ1v) is 4.03. The SMILES string of the molecule is Oc1ccc2c(c1)NCC2C(F)F. The van der Waals surface area contributed by atoms with Crippen LogP contribution in [0.15, 0.2) is 18.2 Å². The highest BCUT2D eigenvalue weighted by molar-refractivity contribution is 5.60. The molecule has 2 N–H and O–H groups in total. The molecule has 0 fully saturated rings. The smallest absolute Gasteiger partial charge is 0.247 e. The first kappa shape index (κ1) is 8.29. The van der Waals surface area contributed by atoms with Crippen molar-refractivity contribution >= 4 is 5.69 Å². The van der Waals surface area contributed by atoms with Crippen LogP contribution in [0.1, 0.15) is 11.5 Å². The van der Waals surface area contributed by atoms with Gasteiger partial charge in [0.25, 0.3) is 0 Å². The first-order valence-electron chi connectivity index (χ1n) is 4.03. The minimum atomic E-state index is -2.35. The predicted octanol–water partition coefficient (Wildman–Crippen LogP) is 2.17. The van der Waals surface area contributed by atoms with E-state index in [1.807, 2.05) is 0 Å². The van der Waals surface area contributed by atoms with Gasteiger partial charge in [-0.3, -0.25) is 0 Å². The Hall–Kier alpha value is -1.32. The molecule has 13 heavy (non-hydrogen) atoms. The molecule has 0 bridgehead atoms. The first-order chi connectivity index (χ1) is 6.18. The van der Waals surface area contributed by atoms with E-state index in [1.165, 1.54) is 12.1 Å². The van der Waals surface area contributed by atoms with E-state index in [0.717, 1.165) is 0 Å². The Morgan fingerprint density at radius 1 is 1.46 bits per heavy atom. The van der Waals surface area contributed by atoms with Crippen LogP contribution >= 0.6 is 0 Å². The van der Waals surface area contributed by atoms with Crippen LogP contribution in [0.25, 0.3) is 0 Å². The summed E-state index contributed by atoms with van der Waals surface area (Å²) in [7, 11) is 0. The van der Waals surface area contributed by atoms with E-state index >= 15 is 0 Å². The van der Waals surface area contributed by atoms with Crippen LogP contribution in [0.5, 0.6) is 5.75 Å². The van der Waals surface area contributed by atoms with Gasteiger partial charge in [0.1, 0.15) is 5.75 Å². The molecule has 0 aromatic heterocycles. The maximum Gasteiger partial charge on any atom is 0.247 e. The molecule has 1 unspecified atom stereocenters. The number of aromatic hydroxyl groups is 1. The summed E-state index contributed by atoms with van der Waals surface area (Å²) in [6.45, 7) is 0.246. The number of alkyl halides is 2. The molecular weight excluding hydrogens is 176 g/mol. The lowest BCUT2D eigenvalue weighted by molar-refractivity contribution is 0.121. The van der Waals surface area contributed by atoms with Crippen molar-refractivity contribution in [2.24, 2.45) is 0 Å². The molecule has 2 nitrogen and oxygen atoms in total. The zero-order valence-corrected chi connectivity index (χ0v) is 6.80. The Labute approximate surface area is 74.2 Å². The average Bonchev–Trinajstić information content (AvgIpc) is 2.46. The summed E-state index contributed by atoms with van der Waals surface area (Å²) in [5.74, 6) is -0.642. The van der Waals surface area contributed by atoms with Gasteiger partial charge in [0, 0.05) is 18.3 Å². The second kappa shape index (κ2) is 2.87. The summed E-state index contributed by atoms with van der Waals surface area (Å²) < 4.78 is 24.8. The Morgan fingerprint density at radius 2 is 2.23 bits per heavy atom. The summed E-state index contributed by atoms with van der Waals surface area (Å²) in [5, 5.41) is 11.9. The molecule has 0 aliphatic carbocycles. The van der Waals surface area contributed by atoms with E-state index in [2.05, 4.69) is 5.32 Å². The van der Waals surface area contributed by atoms with Crippen molar-refractivity contribution in [3.63, 3.8) is 0 Å². The number of phenols is 1. The highest BCUT2D eigenvalue weighted by Crippen LogP contribution is 2.36. The summed E-state index contributed by atoms with van der Waals surface area (Å²) in [5.41, 5.74) is 1.21. The predicted molar refractivity (Wildman–Crippen MR) is 45.3 cm³/mol. The minimum Gasteiger partial charge on any atom is -0.508 e. The molecule has 4 heteroatoms. The minimum absolute atomic E-state index is 0.0983. The third-order valence-electron chi connectivity index (χ3n) is 2.25. The fourth-order valence-corrected chi connectivity index (χ4v) is 1.58. The highest BCUT2D eigenvalue weighted by Gasteiger charge is 2.29. The monoisotopic (exact) mass is 185 g/mol. The molecule has 1 aliphatic heterocycles. The average molecular weight is 185 g/mol. The van der Waals surface area contributed by atoms with Crippen molar-refractivity contribution in [3.05, 3.63) is 23.8 Å². The normalized spacial score (nSPS) is 20.1. The van der Waals surface area contributed by atoms with Gasteiger partial charge in [-0.2, -0.15) is 0 Å². The van der Waals surface area contributed by atoms with Crippen molar-refractivity contribution in [3.8, 4) is 5.75 Å². The molecular formula is C9H9F2NO. The molecule has 0 saturated carbocycles. The van der Waals surface area contributed by atoms with Crippen LogP contribution in [0, 0.1) is 0 Å². The van der Waals surface area contributed by atoms with E-state index < -0.39 is 12.3 Å². The molecule has 1 atom stereocenters. The molecule has 70 valence electrons. The fourth-order valence-electron chi connectivity index (χ4n) is 1.58. The van der Waals surface area contributed by atoms with Gasteiger partial charge in [0.05, 0.1) is 5.92 Å². The maximum absolute atomic E-state index is 12.4. The molecule has 2 rings (SSSR count). The summed E-state index contributed by atoms with van der Waals surface area (Å²) >= 11 is 0. The van der Waals surface area contributed by atoms with Crippen molar-refractivity contribution in [1.82, 2.24) is 0 Å². The second-order valence-corrected chi connectivity index (χ2v) is 3.09. The highest BCUT2D eigenvalue weighted by atomic mass is 19.3. The molecule has 1 aliphatic rings. The van der Waals surface area contributed by atoms with E-state index in [-0.39, 0.29) is 12.3 Å². The van der Waals surface area contributed by atoms with Crippen LogP contribution in [0.4, 0.5) is 14.5 Å². The quantitative estimate of drug-likeness (QED) is 0.702. The zero-order chi connectivity index (χ0) is 9.42. The number of rotatable bonds is 1. The van der Waals surface area contributed by atoms with Crippen LogP contribution in [0.3, 0.4) is 0 Å². The van der Waals surface area contributed by atoms with Gasteiger partial charge in [-0.15, -0.1) is 0 Å². The van der Waals surface area contributed by atoms with Crippen LogP contribution in [-0.4, -0.2) is 18.1 Å². The maximum atomic E-state index is 12.4. The van der Waals surface area contributed by atoms with Crippen LogP contribution < -0.4 is 5.32 Å². The number of anilines is 1. The molecule has 1 heterocycles. The van der Waals surface area contributed by atoms with Crippen molar-refractivity contribution in [2.75, 3.05) is 11.9 Å². The van der Waals surface area contributed by atoms with Gasteiger partial charge in [-0.1, -0.05) is 6.07 Å². The second-order valence-electron chi connectivity index (χ2n) is 3.09. The number of hydrogen-bond acceptors (Lipinski definition) is 2. The van der Waals surface area contributed by atoms with Crippen LogP contribution in [-0.2, 0) is 0 Å². The summed E-state index contributed by atoms with van der Waals surface area (Å²) in [4.78, 5) is 0. The number of fused-ring (bicyclic) bond motifs is 1. The zero-order valence-electron chi connectivity index (χ0n) is 6.80. The van der Waals surface area contributed by atoms with Gasteiger partial charge in [0.2, 0.25) is 6.43 Å². The van der Waals surface area contributed by atoms with E-state index in [9.17, 15) is 8.78 Å². The van der Waals surface area contributed by atoms with Crippen LogP contribution in [0.2, 0.25) is 0 Å². The summed E-state index contributed by atoms with van der Waals surface area (Å²) in [6.07, 6.45) is -2.35. The van der Waals surface area contributed by atoms with Gasteiger partial charge < -0.3 is 10.4 Å². The van der Waals surface area contributed by atoms with Crippen molar-refractivity contribution in [1.29, 1.82) is 0 Å². The number of halogens is 2. The Morgan fingerprint density at radius 3 is 2.92 bits per heavy atom. The lowest BCUT2D eigenvalue weighted by Crippen LogP contribution is -2.10. The van der Waals surface area contributed by atoms with Crippen molar-refractivity contribution in [2.45, 2.75) is 12.3 Å². The van der Waals surface area contributed by atoms with E-state index in [0.29, 0.717) is 11.3 Å². The Kier molecular flexibility index (Phi) is 1.83. The lowest BCUT2D eigenvalue weighted by atomic mass is 10.0. The number of nitrogens with one attached hydrogen (secondary N) is 1. The molecule has 1 aromatic carbocycles. The number of hydrogen-bond donors (Lipinski definition) is 2. The largest absolute Gasteiger partial charge is 0.508 e. The molecule has 0 radical (unpaired) electrons. The molecule has 1 aromatic rings. The standard InChI is InChI=1S/C9H9F2NO/c10-9(11)7-4-12-8-3-5(13)1-2-6(7)8/h1-3,7,9,12-13H,4H2. The fraction of sp³-hybridized carbons (Fsp3) is 0.333. The Balaban J connectivity index is 2.38. The Bertz CT molecular complexity index is 327.